The Morgan fingerprint density at radius 3 is 2.83 bits per heavy atom. The normalized spacial score (nSPS) is 17.5. The van der Waals surface area contributed by atoms with Gasteiger partial charge in [-0.15, -0.1) is 0 Å². The van der Waals surface area contributed by atoms with E-state index in [2.05, 4.69) is 32.0 Å². The van der Waals surface area contributed by atoms with Crippen LogP contribution >= 0.6 is 0 Å². The highest BCUT2D eigenvalue weighted by atomic mass is 16.1. The second-order valence-corrected chi connectivity index (χ2v) is 6.96. The number of amides is 1. The van der Waals surface area contributed by atoms with Crippen LogP contribution in [0, 0.1) is 19.8 Å². The van der Waals surface area contributed by atoms with Crippen molar-refractivity contribution in [3.05, 3.63) is 28.8 Å². The van der Waals surface area contributed by atoms with Crippen molar-refractivity contribution in [1.82, 2.24) is 19.7 Å². The Labute approximate surface area is 135 Å². The van der Waals surface area contributed by atoms with Crippen LogP contribution in [0.4, 0.5) is 5.95 Å². The summed E-state index contributed by atoms with van der Waals surface area (Å²) < 4.78 is 2.06. The van der Waals surface area contributed by atoms with Crippen molar-refractivity contribution in [2.75, 3.05) is 5.32 Å². The Balaban J connectivity index is 1.41. The molecule has 122 valence electrons. The molecule has 2 fully saturated rings. The van der Waals surface area contributed by atoms with Crippen LogP contribution in [0.3, 0.4) is 0 Å². The molecule has 0 saturated heterocycles. The van der Waals surface area contributed by atoms with Crippen LogP contribution in [0.5, 0.6) is 0 Å². The molecule has 2 heterocycles. The van der Waals surface area contributed by atoms with Gasteiger partial charge in [0.2, 0.25) is 11.9 Å². The number of H-pyrrole nitrogens is 1. The van der Waals surface area contributed by atoms with Crippen LogP contribution in [0.2, 0.25) is 0 Å². The highest BCUT2D eigenvalue weighted by molar-refractivity contribution is 5.91. The molecule has 2 saturated carbocycles. The maximum absolute atomic E-state index is 12.3. The number of nitrogens with zero attached hydrogens (tertiary/aromatic N) is 3. The standard InChI is InChI=1S/C17H23N5O/c1-10-14(11(2)22(21-10)9-12-3-4-12)7-16(23)20-17-18-8-15(19-17)13-5-6-13/h8,12-13H,3-7,9H2,1-2H3,(H2,18,19,20,23). The molecule has 0 atom stereocenters. The fourth-order valence-corrected chi connectivity index (χ4v) is 3.05. The highest BCUT2D eigenvalue weighted by Crippen LogP contribution is 2.39. The smallest absolute Gasteiger partial charge is 0.231 e. The summed E-state index contributed by atoms with van der Waals surface area (Å²) in [5.74, 6) is 1.90. The number of aromatic amines is 1. The van der Waals surface area contributed by atoms with Crippen LogP contribution in [0.15, 0.2) is 6.20 Å². The number of rotatable bonds is 6. The third kappa shape index (κ3) is 3.16. The van der Waals surface area contributed by atoms with E-state index in [-0.39, 0.29) is 5.91 Å². The van der Waals surface area contributed by atoms with E-state index >= 15 is 0 Å². The van der Waals surface area contributed by atoms with Gasteiger partial charge < -0.3 is 4.98 Å². The summed E-state index contributed by atoms with van der Waals surface area (Å²) in [5.41, 5.74) is 4.24. The summed E-state index contributed by atoms with van der Waals surface area (Å²) in [6, 6.07) is 0. The molecule has 4 rings (SSSR count). The van der Waals surface area contributed by atoms with E-state index < -0.39 is 0 Å². The van der Waals surface area contributed by atoms with Gasteiger partial charge in [-0.05, 0) is 45.4 Å². The molecule has 2 N–H and O–H groups in total. The number of hydrogen-bond donors (Lipinski definition) is 2. The quantitative estimate of drug-likeness (QED) is 0.861. The van der Waals surface area contributed by atoms with Crippen molar-refractivity contribution in [2.24, 2.45) is 5.92 Å². The number of carbonyl (C=O) groups is 1. The fraction of sp³-hybridized carbons (Fsp3) is 0.588. The van der Waals surface area contributed by atoms with E-state index in [0.29, 0.717) is 18.3 Å². The Kier molecular flexibility index (Phi) is 3.47. The average Bonchev–Trinajstić information content (AvgIpc) is 3.43. The van der Waals surface area contributed by atoms with E-state index in [9.17, 15) is 4.79 Å². The summed E-state index contributed by atoms with van der Waals surface area (Å²) >= 11 is 0. The number of carbonyl (C=O) groups excluding carboxylic acids is 1. The first kappa shape index (κ1) is 14.5. The van der Waals surface area contributed by atoms with Crippen LogP contribution in [-0.4, -0.2) is 25.7 Å². The van der Waals surface area contributed by atoms with Crippen molar-refractivity contribution >= 4 is 11.9 Å². The molecular formula is C17H23N5O. The monoisotopic (exact) mass is 313 g/mol. The third-order valence-corrected chi connectivity index (χ3v) is 4.87. The summed E-state index contributed by atoms with van der Waals surface area (Å²) in [6.07, 6.45) is 7.22. The van der Waals surface area contributed by atoms with Gasteiger partial charge in [-0.2, -0.15) is 5.10 Å². The number of aromatic nitrogens is 4. The van der Waals surface area contributed by atoms with Gasteiger partial charge in [-0.25, -0.2) is 4.98 Å². The molecular weight excluding hydrogens is 290 g/mol. The highest BCUT2D eigenvalue weighted by Gasteiger charge is 2.26. The van der Waals surface area contributed by atoms with E-state index in [0.717, 1.165) is 35.1 Å². The lowest BCUT2D eigenvalue weighted by Gasteiger charge is -2.05. The Morgan fingerprint density at radius 2 is 2.13 bits per heavy atom. The predicted octanol–water partition coefficient (Wildman–Crippen LogP) is 2.69. The summed E-state index contributed by atoms with van der Waals surface area (Å²) in [5, 5.41) is 7.47. The summed E-state index contributed by atoms with van der Waals surface area (Å²) in [6.45, 7) is 5.03. The second kappa shape index (κ2) is 5.51. The van der Waals surface area contributed by atoms with Crippen molar-refractivity contribution in [2.45, 2.75) is 58.4 Å². The van der Waals surface area contributed by atoms with Crippen molar-refractivity contribution in [1.29, 1.82) is 0 Å². The van der Waals surface area contributed by atoms with Gasteiger partial charge in [0.15, 0.2) is 0 Å². The molecule has 0 aliphatic heterocycles. The van der Waals surface area contributed by atoms with Crippen LogP contribution in [0.1, 0.15) is 54.2 Å². The van der Waals surface area contributed by atoms with Gasteiger partial charge in [-0.3, -0.25) is 14.8 Å². The lowest BCUT2D eigenvalue weighted by molar-refractivity contribution is -0.115. The molecule has 0 aromatic carbocycles. The molecule has 2 aliphatic carbocycles. The van der Waals surface area contributed by atoms with Crippen molar-refractivity contribution in [3.8, 4) is 0 Å². The molecule has 0 radical (unpaired) electrons. The Morgan fingerprint density at radius 1 is 1.35 bits per heavy atom. The first-order chi connectivity index (χ1) is 11.1. The minimum atomic E-state index is -0.0427. The van der Waals surface area contributed by atoms with Gasteiger partial charge in [0.05, 0.1) is 18.3 Å². The lowest BCUT2D eigenvalue weighted by Crippen LogP contribution is -2.16. The lowest BCUT2D eigenvalue weighted by atomic mass is 10.1. The largest absolute Gasteiger partial charge is 0.328 e. The maximum atomic E-state index is 12.3. The van der Waals surface area contributed by atoms with Crippen LogP contribution in [0.25, 0.3) is 0 Å². The van der Waals surface area contributed by atoms with Gasteiger partial charge >= 0.3 is 0 Å². The van der Waals surface area contributed by atoms with Gasteiger partial charge in [0.1, 0.15) is 0 Å². The van der Waals surface area contributed by atoms with Gasteiger partial charge in [0, 0.05) is 29.4 Å². The SMILES string of the molecule is Cc1nn(CC2CC2)c(C)c1CC(=O)Nc1ncc(C2CC2)[nH]1. The topological polar surface area (TPSA) is 75.6 Å². The zero-order valence-electron chi connectivity index (χ0n) is 13.7. The summed E-state index contributed by atoms with van der Waals surface area (Å²) in [4.78, 5) is 19.8. The molecule has 0 spiro atoms. The van der Waals surface area contributed by atoms with Crippen molar-refractivity contribution in [3.63, 3.8) is 0 Å². The van der Waals surface area contributed by atoms with Gasteiger partial charge in [0.25, 0.3) is 0 Å². The van der Waals surface area contributed by atoms with Gasteiger partial charge in [-0.1, -0.05) is 0 Å². The third-order valence-electron chi connectivity index (χ3n) is 4.87. The van der Waals surface area contributed by atoms with E-state index in [1.54, 1.807) is 0 Å². The molecule has 23 heavy (non-hydrogen) atoms. The van der Waals surface area contributed by atoms with Crippen molar-refractivity contribution < 1.29 is 4.79 Å². The van der Waals surface area contributed by atoms with Crippen LogP contribution < -0.4 is 5.32 Å². The molecule has 6 heteroatoms. The first-order valence-electron chi connectivity index (χ1n) is 8.48. The molecule has 1 amide bonds. The van der Waals surface area contributed by atoms with Crippen LogP contribution in [-0.2, 0) is 17.8 Å². The number of hydrogen-bond acceptors (Lipinski definition) is 3. The molecule has 2 aliphatic rings. The number of imidazole rings is 1. The average molecular weight is 313 g/mol. The minimum Gasteiger partial charge on any atom is -0.328 e. The molecule has 2 aromatic heterocycles. The second-order valence-electron chi connectivity index (χ2n) is 6.96. The Bertz CT molecular complexity index is 736. The minimum absolute atomic E-state index is 0.0427. The fourth-order valence-electron chi connectivity index (χ4n) is 3.05. The summed E-state index contributed by atoms with van der Waals surface area (Å²) in [7, 11) is 0. The Hall–Kier alpha value is -2.11. The van der Waals surface area contributed by atoms with E-state index in [4.69, 9.17) is 0 Å². The molecule has 2 aromatic rings. The maximum Gasteiger partial charge on any atom is 0.231 e. The molecule has 0 unspecified atom stereocenters. The molecule has 0 bridgehead atoms. The zero-order chi connectivity index (χ0) is 16.0. The number of aryl methyl sites for hydroxylation is 1. The van der Waals surface area contributed by atoms with E-state index in [1.807, 2.05) is 13.1 Å². The predicted molar refractivity (Wildman–Crippen MR) is 87.3 cm³/mol. The first-order valence-corrected chi connectivity index (χ1v) is 8.48. The molecule has 6 nitrogen and oxygen atoms in total. The number of anilines is 1. The number of nitrogens with one attached hydrogen (secondary N) is 2. The van der Waals surface area contributed by atoms with E-state index in [1.165, 1.54) is 25.7 Å². The zero-order valence-corrected chi connectivity index (χ0v) is 13.7.